The Labute approximate surface area is 169 Å². The molecule has 1 heterocycles. The van der Waals surface area contributed by atoms with E-state index in [4.69, 9.17) is 14.2 Å². The van der Waals surface area contributed by atoms with Gasteiger partial charge in [-0.2, -0.15) is 0 Å². The van der Waals surface area contributed by atoms with Crippen LogP contribution in [0.3, 0.4) is 0 Å². The molecule has 2 aromatic carbocycles. The summed E-state index contributed by atoms with van der Waals surface area (Å²) in [5.74, 6) is -0.862. The largest absolute Gasteiger partial charge is 0.493 e. The summed E-state index contributed by atoms with van der Waals surface area (Å²) >= 11 is 0. The van der Waals surface area contributed by atoms with Gasteiger partial charge in [0, 0.05) is 12.1 Å². The molecule has 0 aromatic heterocycles. The Morgan fingerprint density at radius 3 is 2.21 bits per heavy atom. The summed E-state index contributed by atoms with van der Waals surface area (Å²) in [4.78, 5) is 27.2. The Bertz CT molecular complexity index is 900. The minimum Gasteiger partial charge on any atom is -0.493 e. The van der Waals surface area contributed by atoms with Crippen molar-refractivity contribution in [3.05, 3.63) is 53.1 Å². The number of carboxylic acids is 1. The highest BCUT2D eigenvalue weighted by Crippen LogP contribution is 2.47. The number of hydrogen-bond acceptors (Lipinski definition) is 5. The number of aliphatic carboxylic acids is 1. The number of methoxy groups -OCH3 is 3. The van der Waals surface area contributed by atoms with E-state index in [1.807, 2.05) is 6.92 Å². The second kappa shape index (κ2) is 8.43. The number of fused-ring (bicyclic) bond motifs is 1. The van der Waals surface area contributed by atoms with E-state index in [1.165, 1.54) is 21.3 Å². The van der Waals surface area contributed by atoms with E-state index in [1.54, 1.807) is 41.3 Å². The second-order valence-corrected chi connectivity index (χ2v) is 6.81. The van der Waals surface area contributed by atoms with Crippen molar-refractivity contribution < 1.29 is 28.9 Å². The summed E-state index contributed by atoms with van der Waals surface area (Å²) in [5.41, 5.74) is 1.55. The molecular formula is C22H25NO6. The highest BCUT2D eigenvalue weighted by Gasteiger charge is 2.44. The summed E-state index contributed by atoms with van der Waals surface area (Å²) in [7, 11) is 4.51. The van der Waals surface area contributed by atoms with Gasteiger partial charge in [0.1, 0.15) is 5.92 Å². The van der Waals surface area contributed by atoms with Gasteiger partial charge in [-0.25, -0.2) is 0 Å². The standard InChI is InChI=1S/C22H25NO6/c1-5-10-23-19(13-11-16(27-2)20(29-4)17(12-13)28-3)18(22(25)26)14-8-6-7-9-15(14)21(23)24/h6-9,11-12,18-19H,5,10H2,1-4H3,(H,25,26). The van der Waals surface area contributed by atoms with Gasteiger partial charge in [0.25, 0.3) is 5.91 Å². The van der Waals surface area contributed by atoms with Gasteiger partial charge in [0.2, 0.25) is 5.75 Å². The van der Waals surface area contributed by atoms with Crippen molar-refractivity contribution >= 4 is 11.9 Å². The summed E-state index contributed by atoms with van der Waals surface area (Å²) in [6.07, 6.45) is 0.696. The van der Waals surface area contributed by atoms with E-state index in [2.05, 4.69) is 0 Å². The van der Waals surface area contributed by atoms with Gasteiger partial charge in [0.15, 0.2) is 11.5 Å². The van der Waals surface area contributed by atoms with Crippen molar-refractivity contribution in [2.45, 2.75) is 25.3 Å². The summed E-state index contributed by atoms with van der Waals surface area (Å²) < 4.78 is 16.3. The quantitative estimate of drug-likeness (QED) is 0.767. The van der Waals surface area contributed by atoms with Gasteiger partial charge >= 0.3 is 5.97 Å². The fourth-order valence-corrected chi connectivity index (χ4v) is 3.99. The summed E-state index contributed by atoms with van der Waals surface area (Å²) in [5, 5.41) is 10.1. The number of carbonyl (C=O) groups excluding carboxylic acids is 1. The van der Waals surface area contributed by atoms with Crippen LogP contribution in [0.2, 0.25) is 0 Å². The number of ether oxygens (including phenoxy) is 3. The number of carboxylic acid groups (broad SMARTS) is 1. The number of carbonyl (C=O) groups is 2. The average molecular weight is 399 g/mol. The molecule has 7 nitrogen and oxygen atoms in total. The van der Waals surface area contributed by atoms with Gasteiger partial charge in [-0.15, -0.1) is 0 Å². The van der Waals surface area contributed by atoms with Gasteiger partial charge in [0.05, 0.1) is 27.4 Å². The molecule has 0 saturated heterocycles. The van der Waals surface area contributed by atoms with Crippen molar-refractivity contribution in [3.8, 4) is 17.2 Å². The van der Waals surface area contributed by atoms with E-state index in [0.29, 0.717) is 46.9 Å². The van der Waals surface area contributed by atoms with Gasteiger partial charge in [-0.05, 0) is 35.7 Å². The first kappa shape index (κ1) is 20.5. The van der Waals surface area contributed by atoms with E-state index < -0.39 is 17.9 Å². The molecule has 1 aliphatic rings. The first-order valence-corrected chi connectivity index (χ1v) is 9.41. The molecule has 2 unspecified atom stereocenters. The monoisotopic (exact) mass is 399 g/mol. The number of hydrogen-bond donors (Lipinski definition) is 1. The van der Waals surface area contributed by atoms with Crippen LogP contribution in [0.15, 0.2) is 36.4 Å². The third-order valence-electron chi connectivity index (χ3n) is 5.20. The van der Waals surface area contributed by atoms with Crippen LogP contribution in [0, 0.1) is 0 Å². The molecule has 7 heteroatoms. The molecule has 0 fully saturated rings. The molecule has 154 valence electrons. The van der Waals surface area contributed by atoms with E-state index in [9.17, 15) is 14.7 Å². The molecule has 29 heavy (non-hydrogen) atoms. The molecule has 2 atom stereocenters. The van der Waals surface area contributed by atoms with Gasteiger partial charge < -0.3 is 24.2 Å². The topological polar surface area (TPSA) is 85.3 Å². The zero-order valence-electron chi connectivity index (χ0n) is 17.0. The Balaban J connectivity index is 2.27. The van der Waals surface area contributed by atoms with Crippen molar-refractivity contribution in [3.63, 3.8) is 0 Å². The Hall–Kier alpha value is -3.22. The maximum Gasteiger partial charge on any atom is 0.313 e. The molecular weight excluding hydrogens is 374 g/mol. The maximum absolute atomic E-state index is 13.2. The zero-order chi connectivity index (χ0) is 21.1. The Morgan fingerprint density at radius 1 is 1.07 bits per heavy atom. The molecule has 0 saturated carbocycles. The number of benzene rings is 2. The normalized spacial score (nSPS) is 18.2. The number of rotatable bonds is 7. The van der Waals surface area contributed by atoms with Gasteiger partial charge in [-0.1, -0.05) is 25.1 Å². The van der Waals surface area contributed by atoms with Crippen molar-refractivity contribution in [1.29, 1.82) is 0 Å². The van der Waals surface area contributed by atoms with Crippen LogP contribution in [0.1, 0.15) is 46.8 Å². The summed E-state index contributed by atoms with van der Waals surface area (Å²) in [6.45, 7) is 2.38. The fourth-order valence-electron chi connectivity index (χ4n) is 3.99. The molecule has 2 aromatic rings. The molecule has 1 N–H and O–H groups in total. The third-order valence-corrected chi connectivity index (χ3v) is 5.20. The Kier molecular flexibility index (Phi) is 5.96. The lowest BCUT2D eigenvalue weighted by Crippen LogP contribution is -2.45. The molecule has 0 bridgehead atoms. The first-order chi connectivity index (χ1) is 14.0. The molecule has 0 aliphatic carbocycles. The van der Waals surface area contributed by atoms with Crippen LogP contribution < -0.4 is 14.2 Å². The van der Waals surface area contributed by atoms with Crippen molar-refractivity contribution in [2.75, 3.05) is 27.9 Å². The molecule has 3 rings (SSSR count). The van der Waals surface area contributed by atoms with Crippen LogP contribution in [0.4, 0.5) is 0 Å². The smallest absolute Gasteiger partial charge is 0.313 e. The third kappa shape index (κ3) is 3.48. The van der Waals surface area contributed by atoms with Crippen LogP contribution in [-0.4, -0.2) is 49.8 Å². The van der Waals surface area contributed by atoms with Crippen LogP contribution in [-0.2, 0) is 4.79 Å². The highest BCUT2D eigenvalue weighted by molar-refractivity contribution is 6.00. The number of nitrogens with zero attached hydrogens (tertiary/aromatic N) is 1. The lowest BCUT2D eigenvalue weighted by Gasteiger charge is -2.41. The minimum absolute atomic E-state index is 0.182. The second-order valence-electron chi connectivity index (χ2n) is 6.81. The van der Waals surface area contributed by atoms with Crippen molar-refractivity contribution in [1.82, 2.24) is 4.90 Å². The number of amides is 1. The van der Waals surface area contributed by atoms with E-state index in [0.717, 1.165) is 0 Å². The fraction of sp³-hybridized carbons (Fsp3) is 0.364. The minimum atomic E-state index is -0.996. The van der Waals surface area contributed by atoms with Crippen LogP contribution in [0.25, 0.3) is 0 Å². The predicted octanol–water partition coefficient (Wildman–Crippen LogP) is 3.49. The molecule has 0 radical (unpaired) electrons. The lowest BCUT2D eigenvalue weighted by molar-refractivity contribution is -0.140. The van der Waals surface area contributed by atoms with Crippen LogP contribution in [0.5, 0.6) is 17.2 Å². The zero-order valence-corrected chi connectivity index (χ0v) is 17.0. The maximum atomic E-state index is 13.2. The predicted molar refractivity (Wildman–Crippen MR) is 107 cm³/mol. The van der Waals surface area contributed by atoms with Crippen LogP contribution >= 0.6 is 0 Å². The molecule has 1 amide bonds. The van der Waals surface area contributed by atoms with E-state index >= 15 is 0 Å². The average Bonchev–Trinajstić information content (AvgIpc) is 2.74. The molecule has 1 aliphatic heterocycles. The highest BCUT2D eigenvalue weighted by atomic mass is 16.5. The van der Waals surface area contributed by atoms with E-state index in [-0.39, 0.29) is 5.91 Å². The van der Waals surface area contributed by atoms with Crippen molar-refractivity contribution in [2.24, 2.45) is 0 Å². The SMILES string of the molecule is CCCN1C(=O)c2ccccc2C(C(=O)O)C1c1cc(OC)c(OC)c(OC)c1. The molecule has 0 spiro atoms. The lowest BCUT2D eigenvalue weighted by atomic mass is 9.79. The summed E-state index contributed by atoms with van der Waals surface area (Å²) in [6, 6.07) is 9.62. The Morgan fingerprint density at radius 2 is 1.69 bits per heavy atom. The first-order valence-electron chi connectivity index (χ1n) is 9.41. The van der Waals surface area contributed by atoms with Gasteiger partial charge in [-0.3, -0.25) is 9.59 Å².